The number of nitrogen functional groups attached to an aromatic ring is 1. The number of aromatic nitrogens is 4. The van der Waals surface area contributed by atoms with Gasteiger partial charge in [-0.15, -0.1) is 0 Å². The molecule has 0 radical (unpaired) electrons. The van der Waals surface area contributed by atoms with Crippen molar-refractivity contribution in [1.29, 1.82) is 0 Å². The van der Waals surface area contributed by atoms with Gasteiger partial charge in [-0.2, -0.15) is 9.97 Å². The molecule has 0 fully saturated rings. The zero-order valence-electron chi connectivity index (χ0n) is 10.5. The van der Waals surface area contributed by atoms with Gasteiger partial charge >= 0.3 is 0 Å². The number of unbranched alkanes of at least 4 members (excludes halogenated alkanes) is 4. The maximum atomic E-state index is 5.98. The Kier molecular flexibility index (Phi) is 4.36. The number of nitrogens with zero attached hydrogens (tertiary/aromatic N) is 3. The van der Waals surface area contributed by atoms with Crippen molar-refractivity contribution in [2.75, 3.05) is 5.73 Å². The van der Waals surface area contributed by atoms with Crippen LogP contribution in [0.1, 0.15) is 44.9 Å². The first-order chi connectivity index (χ1) is 8.70. The average Bonchev–Trinajstić information content (AvgIpc) is 2.72. The highest BCUT2D eigenvalue weighted by Gasteiger charge is 2.09. The van der Waals surface area contributed by atoms with Crippen LogP contribution in [0.15, 0.2) is 0 Å². The minimum Gasteiger partial charge on any atom is -0.368 e. The molecule has 98 valence electrons. The number of rotatable bonds is 6. The van der Waals surface area contributed by atoms with Crippen LogP contribution in [0.4, 0.5) is 5.95 Å². The van der Waals surface area contributed by atoms with Crippen LogP contribution in [0, 0.1) is 0 Å². The normalized spacial score (nSPS) is 11.2. The van der Waals surface area contributed by atoms with Crippen molar-refractivity contribution in [3.63, 3.8) is 0 Å². The van der Waals surface area contributed by atoms with Gasteiger partial charge in [0.05, 0.1) is 0 Å². The number of imidazole rings is 1. The highest BCUT2D eigenvalue weighted by Crippen LogP contribution is 2.19. The number of hydrogen-bond acceptors (Lipinski definition) is 4. The van der Waals surface area contributed by atoms with Gasteiger partial charge in [0.25, 0.3) is 0 Å². The Hall–Kier alpha value is -1.36. The molecule has 0 saturated carbocycles. The van der Waals surface area contributed by atoms with Gasteiger partial charge in [0.1, 0.15) is 11.3 Å². The smallest absolute Gasteiger partial charge is 0.223 e. The van der Waals surface area contributed by atoms with Crippen LogP contribution in [0.25, 0.3) is 11.2 Å². The Morgan fingerprint density at radius 3 is 2.67 bits per heavy atom. The number of nitrogens with one attached hydrogen (secondary N) is 1. The van der Waals surface area contributed by atoms with E-state index in [2.05, 4.69) is 26.9 Å². The second-order valence-electron chi connectivity index (χ2n) is 4.42. The van der Waals surface area contributed by atoms with Crippen LogP contribution in [0.2, 0.25) is 5.15 Å². The Balaban J connectivity index is 2.00. The first-order valence-corrected chi connectivity index (χ1v) is 6.76. The topological polar surface area (TPSA) is 80.5 Å². The third-order valence-corrected chi connectivity index (χ3v) is 3.16. The minimum atomic E-state index is 0.161. The summed E-state index contributed by atoms with van der Waals surface area (Å²) in [5.74, 6) is 1.07. The Bertz CT molecular complexity index is 522. The van der Waals surface area contributed by atoms with Gasteiger partial charge in [0.15, 0.2) is 10.8 Å². The van der Waals surface area contributed by atoms with E-state index < -0.39 is 0 Å². The molecular weight excluding hydrogens is 250 g/mol. The quantitative estimate of drug-likeness (QED) is 0.622. The monoisotopic (exact) mass is 267 g/mol. The van der Waals surface area contributed by atoms with E-state index in [4.69, 9.17) is 17.3 Å². The zero-order chi connectivity index (χ0) is 13.0. The molecule has 0 spiro atoms. The van der Waals surface area contributed by atoms with E-state index in [1.54, 1.807) is 0 Å². The van der Waals surface area contributed by atoms with Crippen LogP contribution in [0.5, 0.6) is 0 Å². The molecule has 18 heavy (non-hydrogen) atoms. The molecule has 0 aliphatic heterocycles. The van der Waals surface area contributed by atoms with E-state index in [1.807, 2.05) is 0 Å². The summed E-state index contributed by atoms with van der Waals surface area (Å²) < 4.78 is 0. The summed E-state index contributed by atoms with van der Waals surface area (Å²) in [6.07, 6.45) is 7.11. The molecular formula is C12H18ClN5. The summed E-state index contributed by atoms with van der Waals surface area (Å²) in [5.41, 5.74) is 6.76. The average molecular weight is 268 g/mol. The van der Waals surface area contributed by atoms with Crippen LogP contribution >= 0.6 is 11.6 Å². The van der Waals surface area contributed by atoms with Gasteiger partial charge in [-0.05, 0) is 6.42 Å². The van der Waals surface area contributed by atoms with Crippen molar-refractivity contribution in [1.82, 2.24) is 19.9 Å². The van der Waals surface area contributed by atoms with Crippen LogP contribution in [-0.2, 0) is 6.42 Å². The minimum absolute atomic E-state index is 0.161. The number of H-pyrrole nitrogens is 1. The summed E-state index contributed by atoms with van der Waals surface area (Å²) in [7, 11) is 0. The molecule has 0 aliphatic carbocycles. The molecule has 2 aromatic heterocycles. The molecule has 5 nitrogen and oxygen atoms in total. The predicted octanol–water partition coefficient (Wildman–Crippen LogP) is 3.10. The summed E-state index contributed by atoms with van der Waals surface area (Å²) in [4.78, 5) is 15.5. The van der Waals surface area contributed by atoms with Crippen molar-refractivity contribution < 1.29 is 0 Å². The maximum Gasteiger partial charge on any atom is 0.223 e. The summed E-state index contributed by atoms with van der Waals surface area (Å²) in [5, 5.41) is 0.335. The molecule has 0 amide bonds. The largest absolute Gasteiger partial charge is 0.368 e. The summed E-state index contributed by atoms with van der Waals surface area (Å²) in [6, 6.07) is 0. The van der Waals surface area contributed by atoms with Crippen LogP contribution in [0.3, 0.4) is 0 Å². The molecule has 0 aliphatic rings. The Labute approximate surface area is 111 Å². The number of fused-ring (bicyclic) bond motifs is 1. The number of hydrogen-bond donors (Lipinski definition) is 2. The molecule has 2 aromatic rings. The lowest BCUT2D eigenvalue weighted by atomic mass is 10.1. The molecule has 6 heteroatoms. The lowest BCUT2D eigenvalue weighted by Crippen LogP contribution is -1.94. The molecule has 0 saturated heterocycles. The highest BCUT2D eigenvalue weighted by atomic mass is 35.5. The SMILES string of the molecule is CCCCCCCc1nc2nc(N)nc(Cl)c2[nH]1. The van der Waals surface area contributed by atoms with E-state index in [-0.39, 0.29) is 5.95 Å². The van der Waals surface area contributed by atoms with E-state index in [1.165, 1.54) is 25.7 Å². The van der Waals surface area contributed by atoms with Gasteiger partial charge in [-0.25, -0.2) is 4.98 Å². The number of anilines is 1. The van der Waals surface area contributed by atoms with E-state index in [0.717, 1.165) is 18.7 Å². The van der Waals surface area contributed by atoms with Crippen molar-refractivity contribution in [2.45, 2.75) is 45.4 Å². The summed E-state index contributed by atoms with van der Waals surface area (Å²) >= 11 is 5.98. The predicted molar refractivity (Wildman–Crippen MR) is 73.6 cm³/mol. The molecule has 0 atom stereocenters. The number of halogens is 1. The first kappa shape index (κ1) is 13.1. The summed E-state index contributed by atoms with van der Waals surface area (Å²) in [6.45, 7) is 2.21. The van der Waals surface area contributed by atoms with Gasteiger partial charge in [0, 0.05) is 6.42 Å². The Morgan fingerprint density at radius 2 is 1.89 bits per heavy atom. The van der Waals surface area contributed by atoms with Gasteiger partial charge in [-0.3, -0.25) is 0 Å². The van der Waals surface area contributed by atoms with Crippen LogP contribution in [-0.4, -0.2) is 19.9 Å². The second-order valence-corrected chi connectivity index (χ2v) is 4.78. The van der Waals surface area contributed by atoms with Crippen molar-refractivity contribution >= 4 is 28.7 Å². The van der Waals surface area contributed by atoms with Gasteiger partial charge < -0.3 is 10.7 Å². The zero-order valence-corrected chi connectivity index (χ0v) is 11.3. The van der Waals surface area contributed by atoms with E-state index in [9.17, 15) is 0 Å². The van der Waals surface area contributed by atoms with Crippen molar-refractivity contribution in [3.05, 3.63) is 11.0 Å². The fourth-order valence-electron chi connectivity index (χ4n) is 1.94. The van der Waals surface area contributed by atoms with Gasteiger partial charge in [-0.1, -0.05) is 44.2 Å². The first-order valence-electron chi connectivity index (χ1n) is 6.38. The molecule has 2 rings (SSSR count). The lowest BCUT2D eigenvalue weighted by Gasteiger charge is -1.97. The maximum absolute atomic E-state index is 5.98. The lowest BCUT2D eigenvalue weighted by molar-refractivity contribution is 0.625. The molecule has 2 heterocycles. The van der Waals surface area contributed by atoms with Crippen LogP contribution < -0.4 is 5.73 Å². The van der Waals surface area contributed by atoms with Gasteiger partial charge in [0.2, 0.25) is 5.95 Å². The van der Waals surface area contributed by atoms with E-state index in [0.29, 0.717) is 16.3 Å². The molecule has 3 N–H and O–H groups in total. The fraction of sp³-hybridized carbons (Fsp3) is 0.583. The third kappa shape index (κ3) is 3.10. The molecule has 0 bridgehead atoms. The molecule has 0 unspecified atom stereocenters. The highest BCUT2D eigenvalue weighted by molar-refractivity contribution is 6.33. The fourth-order valence-corrected chi connectivity index (χ4v) is 2.16. The van der Waals surface area contributed by atoms with Crippen molar-refractivity contribution in [2.24, 2.45) is 0 Å². The number of nitrogens with two attached hydrogens (primary N) is 1. The molecule has 0 aromatic carbocycles. The van der Waals surface area contributed by atoms with E-state index >= 15 is 0 Å². The number of aromatic amines is 1. The van der Waals surface area contributed by atoms with Crippen molar-refractivity contribution in [3.8, 4) is 0 Å². The second kappa shape index (κ2) is 6.00. The Morgan fingerprint density at radius 1 is 1.11 bits per heavy atom. The number of aryl methyl sites for hydroxylation is 1. The third-order valence-electron chi connectivity index (χ3n) is 2.89. The standard InChI is InChI=1S/C12H18ClN5/c1-2-3-4-5-6-7-8-15-9-10(13)17-12(14)18-11(9)16-8/h2-7H2,1H3,(H3,14,15,16,17,18).